The van der Waals surface area contributed by atoms with Gasteiger partial charge in [0.25, 0.3) is 0 Å². The molecule has 0 aromatic rings. The Labute approximate surface area is 97.6 Å². The summed E-state index contributed by atoms with van der Waals surface area (Å²) in [5, 5.41) is 10.3. The molecular weight excluding hydrogens is 206 g/mol. The minimum atomic E-state index is -0.676. The number of ketones is 1. The predicted molar refractivity (Wildman–Crippen MR) is 62.3 cm³/mol. The molecule has 1 fully saturated rings. The van der Waals surface area contributed by atoms with Crippen molar-refractivity contribution < 1.29 is 14.6 Å². The molecule has 1 aliphatic heterocycles. The molecule has 0 aromatic carbocycles. The van der Waals surface area contributed by atoms with E-state index in [1.54, 1.807) is 0 Å². The van der Waals surface area contributed by atoms with Gasteiger partial charge in [-0.3, -0.25) is 9.69 Å². The molecule has 4 nitrogen and oxygen atoms in total. The quantitative estimate of drug-likeness (QED) is 0.753. The molecule has 0 aliphatic carbocycles. The lowest BCUT2D eigenvalue weighted by Gasteiger charge is -2.35. The van der Waals surface area contributed by atoms with Gasteiger partial charge in [-0.15, -0.1) is 0 Å². The van der Waals surface area contributed by atoms with Crippen LogP contribution >= 0.6 is 0 Å². The van der Waals surface area contributed by atoms with Crippen molar-refractivity contribution in [2.45, 2.75) is 32.3 Å². The summed E-state index contributed by atoms with van der Waals surface area (Å²) >= 11 is 0. The minimum absolute atomic E-state index is 0.0618. The molecule has 1 N–H and O–H groups in total. The maximum atomic E-state index is 11.6. The Bertz CT molecular complexity index is 234. The summed E-state index contributed by atoms with van der Waals surface area (Å²) in [6.45, 7) is 6.00. The molecule has 0 radical (unpaired) electrons. The van der Waals surface area contributed by atoms with E-state index < -0.39 is 5.60 Å². The fourth-order valence-electron chi connectivity index (χ4n) is 1.92. The minimum Gasteiger partial charge on any atom is -0.388 e. The Morgan fingerprint density at radius 2 is 2.00 bits per heavy atom. The van der Waals surface area contributed by atoms with Crippen molar-refractivity contribution in [1.82, 2.24) is 4.90 Å². The van der Waals surface area contributed by atoms with Crippen LogP contribution in [-0.2, 0) is 9.53 Å². The molecule has 0 spiro atoms. The third-order valence-corrected chi connectivity index (χ3v) is 3.06. The Morgan fingerprint density at radius 1 is 1.44 bits per heavy atom. The summed E-state index contributed by atoms with van der Waals surface area (Å²) in [7, 11) is 1.88. The van der Waals surface area contributed by atoms with Gasteiger partial charge >= 0.3 is 0 Å². The zero-order valence-corrected chi connectivity index (χ0v) is 10.5. The van der Waals surface area contributed by atoms with Crippen LogP contribution in [0, 0.1) is 5.92 Å². The molecule has 0 atom stereocenters. The summed E-state index contributed by atoms with van der Waals surface area (Å²) < 4.78 is 5.22. The van der Waals surface area contributed by atoms with Gasteiger partial charge in [0.05, 0.1) is 12.1 Å². The van der Waals surface area contributed by atoms with Crippen molar-refractivity contribution in [2.24, 2.45) is 5.92 Å². The SMILES string of the molecule is CC(C)C(=O)CN(C)CC1(O)CCOCC1. The summed E-state index contributed by atoms with van der Waals surface area (Å²) in [5.41, 5.74) is -0.676. The van der Waals surface area contributed by atoms with E-state index in [1.807, 2.05) is 25.8 Å². The van der Waals surface area contributed by atoms with E-state index in [9.17, 15) is 9.90 Å². The van der Waals surface area contributed by atoms with Gasteiger partial charge in [0.2, 0.25) is 0 Å². The Morgan fingerprint density at radius 3 is 2.50 bits per heavy atom. The van der Waals surface area contributed by atoms with E-state index in [0.717, 1.165) is 0 Å². The normalized spacial score (nSPS) is 20.4. The standard InChI is InChI=1S/C12H23NO3/c1-10(2)11(14)8-13(3)9-12(15)4-6-16-7-5-12/h10,15H,4-9H2,1-3H3. The first kappa shape index (κ1) is 13.6. The molecular formula is C12H23NO3. The van der Waals surface area contributed by atoms with E-state index in [2.05, 4.69) is 0 Å². The van der Waals surface area contributed by atoms with Crippen LogP contribution in [0.2, 0.25) is 0 Å². The molecule has 1 saturated heterocycles. The van der Waals surface area contributed by atoms with Crippen LogP contribution in [0.25, 0.3) is 0 Å². The summed E-state index contributed by atoms with van der Waals surface area (Å²) in [6, 6.07) is 0. The van der Waals surface area contributed by atoms with Crippen molar-refractivity contribution in [3.8, 4) is 0 Å². The first-order valence-corrected chi connectivity index (χ1v) is 5.94. The highest BCUT2D eigenvalue weighted by Gasteiger charge is 2.31. The number of rotatable bonds is 5. The molecule has 0 unspecified atom stereocenters. The zero-order chi connectivity index (χ0) is 12.2. The van der Waals surface area contributed by atoms with E-state index in [-0.39, 0.29) is 11.7 Å². The van der Waals surface area contributed by atoms with Crippen LogP contribution in [0.15, 0.2) is 0 Å². The largest absolute Gasteiger partial charge is 0.388 e. The lowest BCUT2D eigenvalue weighted by atomic mass is 9.93. The molecule has 0 aromatic heterocycles. The number of nitrogens with zero attached hydrogens (tertiary/aromatic N) is 1. The van der Waals surface area contributed by atoms with Crippen LogP contribution in [0.4, 0.5) is 0 Å². The molecule has 94 valence electrons. The van der Waals surface area contributed by atoms with Gasteiger partial charge in [0.15, 0.2) is 0 Å². The lowest BCUT2D eigenvalue weighted by Crippen LogP contribution is -2.47. The molecule has 1 heterocycles. The molecule has 1 rings (SSSR count). The lowest BCUT2D eigenvalue weighted by molar-refractivity contribution is -0.124. The average Bonchev–Trinajstić information content (AvgIpc) is 2.17. The van der Waals surface area contributed by atoms with Crippen molar-refractivity contribution in [2.75, 3.05) is 33.4 Å². The second-order valence-electron chi connectivity index (χ2n) is 5.13. The Kier molecular flexibility index (Phi) is 4.89. The molecule has 0 amide bonds. The first-order chi connectivity index (χ1) is 7.43. The first-order valence-electron chi connectivity index (χ1n) is 5.94. The van der Waals surface area contributed by atoms with Crippen LogP contribution in [-0.4, -0.2) is 54.7 Å². The Hall–Kier alpha value is -0.450. The van der Waals surface area contributed by atoms with Crippen molar-refractivity contribution in [3.05, 3.63) is 0 Å². The number of Topliss-reactive ketones (excluding diaryl/α,β-unsaturated/α-hetero) is 1. The highest BCUT2D eigenvalue weighted by Crippen LogP contribution is 2.21. The zero-order valence-electron chi connectivity index (χ0n) is 10.5. The fraction of sp³-hybridized carbons (Fsp3) is 0.917. The Balaban J connectivity index is 2.37. The number of ether oxygens (including phenoxy) is 1. The van der Waals surface area contributed by atoms with E-state index in [4.69, 9.17) is 4.74 Å². The van der Waals surface area contributed by atoms with Crippen molar-refractivity contribution in [3.63, 3.8) is 0 Å². The van der Waals surface area contributed by atoms with E-state index in [1.165, 1.54) is 0 Å². The maximum absolute atomic E-state index is 11.6. The van der Waals surface area contributed by atoms with Gasteiger partial charge in [-0.25, -0.2) is 0 Å². The number of hydrogen-bond donors (Lipinski definition) is 1. The van der Waals surface area contributed by atoms with Gasteiger partial charge in [-0.2, -0.15) is 0 Å². The van der Waals surface area contributed by atoms with Crippen LogP contribution in [0.1, 0.15) is 26.7 Å². The van der Waals surface area contributed by atoms with Crippen LogP contribution < -0.4 is 0 Å². The van der Waals surface area contributed by atoms with Crippen LogP contribution in [0.5, 0.6) is 0 Å². The third-order valence-electron chi connectivity index (χ3n) is 3.06. The topological polar surface area (TPSA) is 49.8 Å². The number of aliphatic hydroxyl groups is 1. The van der Waals surface area contributed by atoms with Gasteiger partial charge in [0.1, 0.15) is 5.78 Å². The molecule has 1 aliphatic rings. The predicted octanol–water partition coefficient (Wildman–Crippen LogP) is 0.685. The highest BCUT2D eigenvalue weighted by molar-refractivity contribution is 5.82. The van der Waals surface area contributed by atoms with E-state index in [0.29, 0.717) is 39.1 Å². The van der Waals surface area contributed by atoms with Gasteiger partial charge in [0, 0.05) is 38.5 Å². The maximum Gasteiger partial charge on any atom is 0.149 e. The van der Waals surface area contributed by atoms with Gasteiger partial charge in [-0.1, -0.05) is 13.8 Å². The summed E-state index contributed by atoms with van der Waals surface area (Å²) in [5.74, 6) is 0.282. The molecule has 4 heteroatoms. The average molecular weight is 229 g/mol. The van der Waals surface area contributed by atoms with Crippen molar-refractivity contribution in [1.29, 1.82) is 0 Å². The molecule has 0 saturated carbocycles. The van der Waals surface area contributed by atoms with E-state index >= 15 is 0 Å². The van der Waals surface area contributed by atoms with Gasteiger partial charge < -0.3 is 9.84 Å². The smallest absolute Gasteiger partial charge is 0.149 e. The number of carbonyl (C=O) groups excluding carboxylic acids is 1. The third kappa shape index (κ3) is 4.20. The molecule has 16 heavy (non-hydrogen) atoms. The highest BCUT2D eigenvalue weighted by atomic mass is 16.5. The second kappa shape index (κ2) is 5.75. The number of hydrogen-bond acceptors (Lipinski definition) is 4. The van der Waals surface area contributed by atoms with Crippen molar-refractivity contribution >= 4 is 5.78 Å². The number of carbonyl (C=O) groups is 1. The van der Waals surface area contributed by atoms with Gasteiger partial charge in [-0.05, 0) is 7.05 Å². The fourth-order valence-corrected chi connectivity index (χ4v) is 1.92. The molecule has 0 bridgehead atoms. The summed E-state index contributed by atoms with van der Waals surface area (Å²) in [6.07, 6.45) is 1.32. The summed E-state index contributed by atoms with van der Waals surface area (Å²) in [4.78, 5) is 13.5. The number of likely N-dealkylation sites (N-methyl/N-ethyl adjacent to an activating group) is 1. The second-order valence-corrected chi connectivity index (χ2v) is 5.13. The van der Waals surface area contributed by atoms with Crippen LogP contribution in [0.3, 0.4) is 0 Å². The monoisotopic (exact) mass is 229 g/mol.